The normalized spacial score (nSPS) is 14.4. The molecule has 0 heterocycles. The molecule has 1 atom stereocenters. The van der Waals surface area contributed by atoms with Crippen molar-refractivity contribution < 1.29 is 27.5 Å². The Balaban J connectivity index is 1.69. The number of nitrogens with one attached hydrogen (secondary N) is 1. The van der Waals surface area contributed by atoms with Crippen LogP contribution in [0.3, 0.4) is 0 Å². The minimum atomic E-state index is -4.20. The van der Waals surface area contributed by atoms with Crippen molar-refractivity contribution in [3.05, 3.63) is 83.4 Å². The molecule has 1 N–H and O–H groups in total. The van der Waals surface area contributed by atoms with E-state index < -0.39 is 28.5 Å². The number of nitrogens with zero attached hydrogens (tertiary/aromatic N) is 2. The number of benzene rings is 3. The van der Waals surface area contributed by atoms with Gasteiger partial charge in [0, 0.05) is 12.6 Å². The summed E-state index contributed by atoms with van der Waals surface area (Å²) in [7, 11) is -1.18. The highest BCUT2D eigenvalue weighted by Crippen LogP contribution is 2.32. The summed E-state index contributed by atoms with van der Waals surface area (Å²) in [6.07, 6.45) is 5.03. The van der Waals surface area contributed by atoms with Crippen LogP contribution in [0.2, 0.25) is 5.02 Å². The largest absolute Gasteiger partial charge is 0.497 e. The van der Waals surface area contributed by atoms with E-state index in [1.165, 1.54) is 36.3 Å². The van der Waals surface area contributed by atoms with Gasteiger partial charge in [-0.2, -0.15) is 0 Å². The summed E-state index contributed by atoms with van der Waals surface area (Å²) >= 11 is 6.38. The average molecular weight is 628 g/mol. The summed E-state index contributed by atoms with van der Waals surface area (Å²) in [6, 6.07) is 18.8. The van der Waals surface area contributed by atoms with Crippen molar-refractivity contribution in [2.75, 3.05) is 25.1 Å². The number of amides is 2. The lowest BCUT2D eigenvalue weighted by atomic mass is 9.95. The molecule has 0 unspecified atom stereocenters. The maximum Gasteiger partial charge on any atom is 0.264 e. The van der Waals surface area contributed by atoms with Crippen LogP contribution in [-0.2, 0) is 26.2 Å². The van der Waals surface area contributed by atoms with Crippen molar-refractivity contribution >= 4 is 39.1 Å². The van der Waals surface area contributed by atoms with E-state index in [1.807, 2.05) is 12.1 Å². The summed E-state index contributed by atoms with van der Waals surface area (Å²) in [6.45, 7) is 1.20. The minimum absolute atomic E-state index is 0.0135. The molecule has 1 fully saturated rings. The molecule has 9 nitrogen and oxygen atoms in total. The molecule has 1 aliphatic carbocycles. The number of methoxy groups -OCH3 is 2. The zero-order valence-electron chi connectivity index (χ0n) is 24.7. The molecule has 2 amide bonds. The van der Waals surface area contributed by atoms with E-state index in [0.29, 0.717) is 11.5 Å². The summed E-state index contributed by atoms with van der Waals surface area (Å²) < 4.78 is 39.4. The first-order valence-electron chi connectivity index (χ1n) is 14.3. The molecule has 0 spiro atoms. The number of rotatable bonds is 12. The molecule has 0 saturated heterocycles. The third kappa shape index (κ3) is 8.00. The fraction of sp³-hybridized carbons (Fsp3) is 0.375. The molecule has 1 saturated carbocycles. The van der Waals surface area contributed by atoms with Crippen molar-refractivity contribution in [1.29, 1.82) is 0 Å². The molecule has 0 aromatic heterocycles. The molecule has 11 heteroatoms. The molecule has 3 aromatic carbocycles. The Labute approximate surface area is 258 Å². The number of anilines is 1. The molecular formula is C32H38ClN3O6S. The van der Waals surface area contributed by atoms with Crippen LogP contribution < -0.4 is 19.1 Å². The van der Waals surface area contributed by atoms with Crippen molar-refractivity contribution in [3.8, 4) is 11.5 Å². The van der Waals surface area contributed by atoms with Gasteiger partial charge in [-0.1, -0.05) is 61.2 Å². The second kappa shape index (κ2) is 14.6. The van der Waals surface area contributed by atoms with Crippen molar-refractivity contribution in [2.24, 2.45) is 0 Å². The lowest BCUT2D eigenvalue weighted by Gasteiger charge is -2.33. The Morgan fingerprint density at radius 2 is 1.63 bits per heavy atom. The number of halogens is 1. The SMILES string of the molecule is COc1ccc(CN(C(=O)CN(c2ccc(OC)c(Cl)c2)S(=O)(=O)c2ccccc2)[C@H](C)C(=O)NC2CCCCC2)cc1. The van der Waals surface area contributed by atoms with Crippen molar-refractivity contribution in [1.82, 2.24) is 10.2 Å². The van der Waals surface area contributed by atoms with E-state index in [1.54, 1.807) is 50.4 Å². The number of carbonyl (C=O) groups excluding carboxylic acids is 2. The van der Waals surface area contributed by atoms with Crippen LogP contribution in [0, 0.1) is 0 Å². The predicted molar refractivity (Wildman–Crippen MR) is 167 cm³/mol. The number of hydrogen-bond acceptors (Lipinski definition) is 6. The van der Waals surface area contributed by atoms with Gasteiger partial charge >= 0.3 is 0 Å². The number of sulfonamides is 1. The lowest BCUT2D eigenvalue weighted by Crippen LogP contribution is -2.53. The number of carbonyl (C=O) groups is 2. The fourth-order valence-corrected chi connectivity index (χ4v) is 6.82. The standard InChI is InChI=1S/C32H38ClN3O6S/c1-23(32(38)34-25-10-6-4-7-11-25)35(21-24-14-17-27(41-2)18-15-24)31(37)22-36(26-16-19-30(42-3)29(33)20-26)43(39,40)28-12-8-5-9-13-28/h5,8-9,12-20,23,25H,4,6-7,10-11,21-22H2,1-3H3,(H,34,38)/t23-/m1/s1. The van der Waals surface area contributed by atoms with Crippen LogP contribution in [-0.4, -0.2) is 58.0 Å². The zero-order chi connectivity index (χ0) is 31.0. The molecule has 43 heavy (non-hydrogen) atoms. The van der Waals surface area contributed by atoms with Crippen LogP contribution in [0.1, 0.15) is 44.6 Å². The maximum atomic E-state index is 14.1. The molecule has 3 aromatic rings. The molecular weight excluding hydrogens is 590 g/mol. The molecule has 1 aliphatic rings. The van der Waals surface area contributed by atoms with Crippen molar-refractivity contribution in [2.45, 2.75) is 62.6 Å². The van der Waals surface area contributed by atoms with Gasteiger partial charge in [-0.05, 0) is 67.8 Å². The highest BCUT2D eigenvalue weighted by Gasteiger charge is 2.33. The van der Waals surface area contributed by atoms with Gasteiger partial charge in [0.2, 0.25) is 11.8 Å². The third-order valence-corrected chi connectivity index (χ3v) is 9.75. The molecule has 0 aliphatic heterocycles. The van der Waals surface area contributed by atoms with Crippen LogP contribution in [0.4, 0.5) is 5.69 Å². The van der Waals surface area contributed by atoms with E-state index in [2.05, 4.69) is 5.32 Å². The summed E-state index contributed by atoms with van der Waals surface area (Å²) in [5.74, 6) is 0.191. The minimum Gasteiger partial charge on any atom is -0.497 e. The van der Waals surface area contributed by atoms with Crippen LogP contribution in [0.25, 0.3) is 0 Å². The van der Waals surface area contributed by atoms with E-state index in [-0.39, 0.29) is 34.1 Å². The monoisotopic (exact) mass is 627 g/mol. The van der Waals surface area contributed by atoms with Gasteiger partial charge in [0.15, 0.2) is 0 Å². The van der Waals surface area contributed by atoms with Gasteiger partial charge in [-0.25, -0.2) is 8.42 Å². The van der Waals surface area contributed by atoms with E-state index in [0.717, 1.165) is 42.0 Å². The Morgan fingerprint density at radius 1 is 0.953 bits per heavy atom. The third-order valence-electron chi connectivity index (χ3n) is 7.66. The van der Waals surface area contributed by atoms with E-state index in [9.17, 15) is 18.0 Å². The number of ether oxygens (including phenoxy) is 2. The number of hydrogen-bond donors (Lipinski definition) is 1. The van der Waals surface area contributed by atoms with Gasteiger partial charge in [-0.3, -0.25) is 13.9 Å². The first-order valence-corrected chi connectivity index (χ1v) is 16.1. The van der Waals surface area contributed by atoms with E-state index in [4.69, 9.17) is 21.1 Å². The quantitative estimate of drug-likeness (QED) is 0.288. The fourth-order valence-electron chi connectivity index (χ4n) is 5.14. The Kier molecular flexibility index (Phi) is 10.9. The summed E-state index contributed by atoms with van der Waals surface area (Å²) in [4.78, 5) is 29.0. The summed E-state index contributed by atoms with van der Waals surface area (Å²) in [5.41, 5.74) is 0.947. The van der Waals surface area contributed by atoms with Gasteiger partial charge in [0.1, 0.15) is 24.1 Å². The Morgan fingerprint density at radius 3 is 2.23 bits per heavy atom. The van der Waals surface area contributed by atoms with Gasteiger partial charge in [0.25, 0.3) is 10.0 Å². The smallest absolute Gasteiger partial charge is 0.264 e. The van der Waals surface area contributed by atoms with Crippen LogP contribution in [0.5, 0.6) is 11.5 Å². The maximum absolute atomic E-state index is 14.1. The van der Waals surface area contributed by atoms with Crippen molar-refractivity contribution in [3.63, 3.8) is 0 Å². The average Bonchev–Trinajstić information content (AvgIpc) is 3.03. The molecule has 4 rings (SSSR count). The van der Waals surface area contributed by atoms with Gasteiger partial charge < -0.3 is 19.7 Å². The molecule has 0 bridgehead atoms. The Hall–Kier alpha value is -3.76. The van der Waals surface area contributed by atoms with Crippen LogP contribution >= 0.6 is 11.6 Å². The highest BCUT2D eigenvalue weighted by atomic mass is 35.5. The first kappa shape index (κ1) is 32.2. The lowest BCUT2D eigenvalue weighted by molar-refractivity contribution is -0.139. The zero-order valence-corrected chi connectivity index (χ0v) is 26.2. The second-order valence-electron chi connectivity index (χ2n) is 10.5. The van der Waals surface area contributed by atoms with E-state index >= 15 is 0 Å². The van der Waals surface area contributed by atoms with Gasteiger partial charge in [0.05, 0.1) is 29.8 Å². The molecule has 230 valence electrons. The topological polar surface area (TPSA) is 105 Å². The Bertz CT molecular complexity index is 1500. The predicted octanol–water partition coefficient (Wildman–Crippen LogP) is 5.42. The highest BCUT2D eigenvalue weighted by molar-refractivity contribution is 7.92. The first-order chi connectivity index (χ1) is 20.6. The second-order valence-corrected chi connectivity index (χ2v) is 12.8. The van der Waals surface area contributed by atoms with Crippen LogP contribution in [0.15, 0.2) is 77.7 Å². The molecule has 0 radical (unpaired) electrons. The van der Waals surface area contributed by atoms with Gasteiger partial charge in [-0.15, -0.1) is 0 Å². The summed E-state index contributed by atoms with van der Waals surface area (Å²) in [5, 5.41) is 3.29.